The lowest BCUT2D eigenvalue weighted by Gasteiger charge is -2.24. The topological polar surface area (TPSA) is 116 Å². The summed E-state index contributed by atoms with van der Waals surface area (Å²) in [5.74, 6) is -0.480. The van der Waals surface area contributed by atoms with Crippen molar-refractivity contribution in [1.82, 2.24) is 29.1 Å². The van der Waals surface area contributed by atoms with Crippen molar-refractivity contribution in [3.63, 3.8) is 0 Å². The highest BCUT2D eigenvalue weighted by atomic mass is 32.2. The molecular weight excluding hydrogens is 408 g/mol. The minimum absolute atomic E-state index is 0.190. The quantitative estimate of drug-likeness (QED) is 0.474. The van der Waals surface area contributed by atoms with Gasteiger partial charge in [0.2, 0.25) is 10.0 Å². The number of hydrogen-bond donors (Lipinski definition) is 0. The van der Waals surface area contributed by atoms with Gasteiger partial charge in [-0.1, -0.05) is 12.1 Å². The van der Waals surface area contributed by atoms with Gasteiger partial charge in [-0.15, -0.1) is 5.10 Å². The number of tetrazole rings is 1. The van der Waals surface area contributed by atoms with Crippen molar-refractivity contribution in [2.45, 2.75) is 30.3 Å². The van der Waals surface area contributed by atoms with Gasteiger partial charge in [0.1, 0.15) is 6.33 Å². The lowest BCUT2D eigenvalue weighted by atomic mass is 10.2. The van der Waals surface area contributed by atoms with Crippen molar-refractivity contribution in [2.24, 2.45) is 0 Å². The van der Waals surface area contributed by atoms with E-state index in [0.717, 1.165) is 6.42 Å². The van der Waals surface area contributed by atoms with Crippen molar-refractivity contribution in [2.75, 3.05) is 6.54 Å². The molecule has 1 fully saturated rings. The SMILES string of the molecule is O=c1oc2ccccc2n1C[C@@H]1CCCN1S(=O)(=O)c1ccc(-n2cnnn2)cc1. The number of aromatic nitrogens is 5. The third-order valence-electron chi connectivity index (χ3n) is 5.35. The van der Waals surface area contributed by atoms with Crippen LogP contribution in [0.4, 0.5) is 0 Å². The first-order valence-corrected chi connectivity index (χ1v) is 10.9. The molecule has 154 valence electrons. The van der Waals surface area contributed by atoms with Gasteiger partial charge in [-0.05, 0) is 59.7 Å². The maximum absolute atomic E-state index is 13.3. The molecule has 1 atom stereocenters. The normalized spacial score (nSPS) is 17.7. The lowest BCUT2D eigenvalue weighted by molar-refractivity contribution is 0.344. The van der Waals surface area contributed by atoms with Crippen LogP contribution in [0.2, 0.25) is 0 Å². The number of hydrogen-bond acceptors (Lipinski definition) is 7. The van der Waals surface area contributed by atoms with Crippen LogP contribution >= 0.6 is 0 Å². The fourth-order valence-corrected chi connectivity index (χ4v) is 5.58. The Hall–Kier alpha value is -3.31. The number of fused-ring (bicyclic) bond motifs is 1. The summed E-state index contributed by atoms with van der Waals surface area (Å²) >= 11 is 0. The third kappa shape index (κ3) is 3.12. The van der Waals surface area contributed by atoms with Crippen LogP contribution in [0.5, 0.6) is 0 Å². The molecule has 0 spiro atoms. The van der Waals surface area contributed by atoms with Gasteiger partial charge in [-0.25, -0.2) is 17.9 Å². The molecule has 0 radical (unpaired) electrons. The van der Waals surface area contributed by atoms with E-state index in [1.165, 1.54) is 19.9 Å². The standard InChI is InChI=1S/C19H18N6O4S/c26-19-23(17-5-1-2-6-18(17)29-19)12-15-4-3-11-25(15)30(27,28)16-9-7-14(8-10-16)24-13-20-21-22-24/h1-2,5-10,13,15H,3-4,11-12H2/t15-/m0/s1. The van der Waals surface area contributed by atoms with E-state index < -0.39 is 15.8 Å². The first-order valence-electron chi connectivity index (χ1n) is 9.48. The molecule has 3 heterocycles. The number of rotatable bonds is 5. The van der Waals surface area contributed by atoms with E-state index in [1.54, 1.807) is 42.5 Å². The summed E-state index contributed by atoms with van der Waals surface area (Å²) in [6.45, 7) is 0.657. The average molecular weight is 426 g/mol. The fourth-order valence-electron chi connectivity index (χ4n) is 3.89. The van der Waals surface area contributed by atoms with E-state index >= 15 is 0 Å². The molecule has 0 bridgehead atoms. The largest absolute Gasteiger partial charge is 0.420 e. The number of oxazole rings is 1. The van der Waals surface area contributed by atoms with Gasteiger partial charge in [0, 0.05) is 19.1 Å². The van der Waals surface area contributed by atoms with Crippen molar-refractivity contribution in [1.29, 1.82) is 0 Å². The van der Waals surface area contributed by atoms with Crippen molar-refractivity contribution >= 4 is 21.1 Å². The molecular formula is C19H18N6O4S. The second-order valence-corrected chi connectivity index (χ2v) is 9.00. The Labute approximate surface area is 171 Å². The second-order valence-electron chi connectivity index (χ2n) is 7.11. The number of para-hydroxylation sites is 2. The van der Waals surface area contributed by atoms with Gasteiger partial charge in [-0.3, -0.25) is 4.57 Å². The van der Waals surface area contributed by atoms with Gasteiger partial charge in [-0.2, -0.15) is 4.31 Å². The van der Waals surface area contributed by atoms with Crippen LogP contribution in [-0.4, -0.2) is 50.1 Å². The summed E-state index contributed by atoms with van der Waals surface area (Å²) in [6.07, 6.45) is 2.85. The van der Waals surface area contributed by atoms with Crippen LogP contribution in [0.25, 0.3) is 16.8 Å². The van der Waals surface area contributed by atoms with Crippen LogP contribution in [-0.2, 0) is 16.6 Å². The van der Waals surface area contributed by atoms with Crippen molar-refractivity contribution < 1.29 is 12.8 Å². The van der Waals surface area contributed by atoms with Gasteiger partial charge in [0.15, 0.2) is 5.58 Å². The summed E-state index contributed by atoms with van der Waals surface area (Å²) in [4.78, 5) is 12.5. The first-order chi connectivity index (χ1) is 14.5. The van der Waals surface area contributed by atoms with E-state index in [4.69, 9.17) is 4.42 Å². The molecule has 4 aromatic rings. The number of sulfonamides is 1. The zero-order valence-corrected chi connectivity index (χ0v) is 16.6. The summed E-state index contributed by atoms with van der Waals surface area (Å²) in [6, 6.07) is 13.2. The summed E-state index contributed by atoms with van der Waals surface area (Å²) in [5, 5.41) is 11.0. The van der Waals surface area contributed by atoms with Gasteiger partial charge in [0.05, 0.1) is 16.1 Å². The van der Waals surface area contributed by atoms with E-state index in [2.05, 4.69) is 15.5 Å². The Kier molecular flexibility index (Phi) is 4.48. The maximum atomic E-state index is 13.3. The molecule has 1 aliphatic heterocycles. The van der Waals surface area contributed by atoms with Crippen LogP contribution in [0.15, 0.2) is 69.0 Å². The minimum Gasteiger partial charge on any atom is -0.408 e. The van der Waals surface area contributed by atoms with Crippen LogP contribution in [0, 0.1) is 0 Å². The summed E-state index contributed by atoms with van der Waals surface area (Å²) in [7, 11) is -3.72. The van der Waals surface area contributed by atoms with Crippen molar-refractivity contribution in [3.8, 4) is 5.69 Å². The highest BCUT2D eigenvalue weighted by molar-refractivity contribution is 7.89. The Morgan fingerprint density at radius 2 is 1.90 bits per heavy atom. The molecule has 30 heavy (non-hydrogen) atoms. The number of nitrogens with zero attached hydrogens (tertiary/aromatic N) is 6. The molecule has 0 N–H and O–H groups in total. The predicted octanol–water partition coefficient (Wildman–Crippen LogP) is 1.42. The third-order valence-corrected chi connectivity index (χ3v) is 7.31. The smallest absolute Gasteiger partial charge is 0.408 e. The Morgan fingerprint density at radius 3 is 2.67 bits per heavy atom. The summed E-state index contributed by atoms with van der Waals surface area (Å²) in [5.41, 5.74) is 1.82. The molecule has 0 unspecified atom stereocenters. The van der Waals surface area contributed by atoms with Crippen LogP contribution in [0.1, 0.15) is 12.8 Å². The predicted molar refractivity (Wildman–Crippen MR) is 107 cm³/mol. The Morgan fingerprint density at radius 1 is 1.10 bits per heavy atom. The van der Waals surface area contributed by atoms with Gasteiger partial charge in [0.25, 0.3) is 0 Å². The molecule has 0 saturated carbocycles. The maximum Gasteiger partial charge on any atom is 0.420 e. The Bertz CT molecular complexity index is 1340. The summed E-state index contributed by atoms with van der Waals surface area (Å²) < 4.78 is 36.3. The molecule has 1 aliphatic rings. The van der Waals surface area contributed by atoms with E-state index in [-0.39, 0.29) is 17.5 Å². The van der Waals surface area contributed by atoms with Gasteiger partial charge >= 0.3 is 5.76 Å². The molecule has 0 amide bonds. The Balaban J connectivity index is 1.44. The van der Waals surface area contributed by atoms with Crippen LogP contribution in [0.3, 0.4) is 0 Å². The highest BCUT2D eigenvalue weighted by Gasteiger charge is 2.36. The molecule has 2 aromatic heterocycles. The minimum atomic E-state index is -3.72. The highest BCUT2D eigenvalue weighted by Crippen LogP contribution is 2.28. The molecule has 2 aromatic carbocycles. The van der Waals surface area contributed by atoms with Crippen molar-refractivity contribution in [3.05, 3.63) is 65.4 Å². The van der Waals surface area contributed by atoms with E-state index in [0.29, 0.717) is 29.8 Å². The molecule has 1 saturated heterocycles. The van der Waals surface area contributed by atoms with E-state index in [1.807, 2.05) is 6.07 Å². The average Bonchev–Trinajstić information content (AvgIpc) is 3.50. The molecule has 0 aliphatic carbocycles. The zero-order valence-electron chi connectivity index (χ0n) is 15.8. The van der Waals surface area contributed by atoms with Gasteiger partial charge < -0.3 is 4.42 Å². The number of benzene rings is 2. The molecule has 5 rings (SSSR count). The lowest BCUT2D eigenvalue weighted by Crippen LogP contribution is -2.39. The molecule has 11 heteroatoms. The van der Waals surface area contributed by atoms with Crippen LogP contribution < -0.4 is 5.76 Å². The monoisotopic (exact) mass is 426 g/mol. The second kappa shape index (κ2) is 7.18. The molecule has 10 nitrogen and oxygen atoms in total. The van der Waals surface area contributed by atoms with E-state index in [9.17, 15) is 13.2 Å². The zero-order chi connectivity index (χ0) is 20.7. The fraction of sp³-hybridized carbons (Fsp3) is 0.263. The first kappa shape index (κ1) is 18.7.